The van der Waals surface area contributed by atoms with Crippen molar-refractivity contribution in [3.05, 3.63) is 51.8 Å². The highest BCUT2D eigenvalue weighted by Gasteiger charge is 2.08. The molecule has 0 bridgehead atoms. The predicted octanol–water partition coefficient (Wildman–Crippen LogP) is 4.75. The summed E-state index contributed by atoms with van der Waals surface area (Å²) in [4.78, 5) is 4.17. The van der Waals surface area contributed by atoms with Gasteiger partial charge in [0.05, 0.1) is 6.20 Å². The predicted molar refractivity (Wildman–Crippen MR) is 89.9 cm³/mol. The van der Waals surface area contributed by atoms with Crippen molar-refractivity contribution in [3.63, 3.8) is 0 Å². The van der Waals surface area contributed by atoms with Crippen molar-refractivity contribution in [2.45, 2.75) is 40.3 Å². The van der Waals surface area contributed by atoms with Crippen molar-refractivity contribution in [2.75, 3.05) is 0 Å². The Morgan fingerprint density at radius 1 is 1.24 bits per heavy atom. The molecule has 0 spiro atoms. The van der Waals surface area contributed by atoms with Crippen LogP contribution in [0.2, 0.25) is 0 Å². The van der Waals surface area contributed by atoms with E-state index in [2.05, 4.69) is 53.9 Å². The second kappa shape index (κ2) is 7.05. The normalized spacial score (nSPS) is 11.0. The molecule has 0 saturated heterocycles. The number of ether oxygens (including phenoxy) is 1. The van der Waals surface area contributed by atoms with Crippen LogP contribution in [0.15, 0.2) is 35.1 Å². The largest absolute Gasteiger partial charge is 0.455 e. The Balaban J connectivity index is 2.23. The number of nitrogens with one attached hydrogen (secondary N) is 1. The zero-order valence-corrected chi connectivity index (χ0v) is 14.5. The second-order valence-electron chi connectivity index (χ2n) is 5.49. The third kappa shape index (κ3) is 4.29. The summed E-state index contributed by atoms with van der Waals surface area (Å²) in [6, 6.07) is 6.49. The summed E-state index contributed by atoms with van der Waals surface area (Å²) in [7, 11) is 0. The molecular weight excluding hydrogens is 328 g/mol. The number of halogens is 1. The van der Waals surface area contributed by atoms with Crippen LogP contribution in [0.25, 0.3) is 0 Å². The van der Waals surface area contributed by atoms with Gasteiger partial charge in [0.2, 0.25) is 0 Å². The van der Waals surface area contributed by atoms with Gasteiger partial charge in [0.1, 0.15) is 11.5 Å². The minimum Gasteiger partial charge on any atom is -0.455 e. The molecule has 0 aliphatic heterocycles. The van der Waals surface area contributed by atoms with Crippen LogP contribution < -0.4 is 10.1 Å². The van der Waals surface area contributed by atoms with Gasteiger partial charge in [0, 0.05) is 28.8 Å². The lowest BCUT2D eigenvalue weighted by Crippen LogP contribution is -2.22. The van der Waals surface area contributed by atoms with Gasteiger partial charge in [-0.15, -0.1) is 0 Å². The molecule has 1 N–H and O–H groups in total. The molecule has 2 aromatic rings. The van der Waals surface area contributed by atoms with E-state index in [9.17, 15) is 0 Å². The van der Waals surface area contributed by atoms with E-state index in [0.717, 1.165) is 39.2 Å². The van der Waals surface area contributed by atoms with Gasteiger partial charge in [-0.1, -0.05) is 29.8 Å². The van der Waals surface area contributed by atoms with Gasteiger partial charge in [-0.25, -0.2) is 0 Å². The summed E-state index contributed by atoms with van der Waals surface area (Å²) < 4.78 is 7.16. The average molecular weight is 349 g/mol. The Labute approximate surface area is 134 Å². The summed E-state index contributed by atoms with van der Waals surface area (Å²) in [6.45, 7) is 9.15. The van der Waals surface area contributed by atoms with Crippen molar-refractivity contribution >= 4 is 15.9 Å². The maximum atomic E-state index is 6.04. The first-order valence-electron chi connectivity index (χ1n) is 7.08. The molecule has 4 heteroatoms. The van der Waals surface area contributed by atoms with Gasteiger partial charge >= 0.3 is 0 Å². The van der Waals surface area contributed by atoms with Gasteiger partial charge in [-0.3, -0.25) is 4.98 Å². The number of rotatable bonds is 5. The molecule has 2 rings (SSSR count). The Kier molecular flexibility index (Phi) is 5.37. The van der Waals surface area contributed by atoms with Gasteiger partial charge in [-0.2, -0.15) is 0 Å². The van der Waals surface area contributed by atoms with Crippen molar-refractivity contribution in [2.24, 2.45) is 0 Å². The van der Waals surface area contributed by atoms with Gasteiger partial charge in [0.15, 0.2) is 0 Å². The van der Waals surface area contributed by atoms with Gasteiger partial charge < -0.3 is 10.1 Å². The minimum atomic E-state index is 0.434. The van der Waals surface area contributed by atoms with Crippen molar-refractivity contribution in [1.29, 1.82) is 0 Å². The SMILES string of the molecule is Cc1cc(Oc2cnccc2CNC(C)C)cc(C)c1Br. The maximum Gasteiger partial charge on any atom is 0.150 e. The summed E-state index contributed by atoms with van der Waals surface area (Å²) in [5.41, 5.74) is 3.43. The van der Waals surface area contributed by atoms with Crippen LogP contribution in [0.1, 0.15) is 30.5 Å². The molecular formula is C17H21BrN2O. The number of hydrogen-bond acceptors (Lipinski definition) is 3. The van der Waals surface area contributed by atoms with E-state index in [0.29, 0.717) is 6.04 Å². The summed E-state index contributed by atoms with van der Waals surface area (Å²) in [5.74, 6) is 1.64. The van der Waals surface area contributed by atoms with Crippen molar-refractivity contribution < 1.29 is 4.74 Å². The number of nitrogens with zero attached hydrogens (tertiary/aromatic N) is 1. The average Bonchev–Trinajstić information content (AvgIpc) is 2.43. The fourth-order valence-corrected chi connectivity index (χ4v) is 2.28. The molecule has 0 fully saturated rings. The molecule has 0 saturated carbocycles. The summed E-state index contributed by atoms with van der Waals surface area (Å²) >= 11 is 3.58. The highest BCUT2D eigenvalue weighted by Crippen LogP contribution is 2.30. The van der Waals surface area contributed by atoms with E-state index in [1.54, 1.807) is 12.4 Å². The summed E-state index contributed by atoms with van der Waals surface area (Å²) in [6.07, 6.45) is 3.56. The van der Waals surface area contributed by atoms with E-state index in [1.807, 2.05) is 18.2 Å². The number of benzene rings is 1. The fraction of sp³-hybridized carbons (Fsp3) is 0.353. The van der Waals surface area contributed by atoms with Crippen LogP contribution in [0.5, 0.6) is 11.5 Å². The molecule has 0 aliphatic rings. The molecule has 0 aliphatic carbocycles. The van der Waals surface area contributed by atoms with Gasteiger partial charge in [-0.05, 0) is 43.2 Å². The van der Waals surface area contributed by atoms with E-state index in [-0.39, 0.29) is 0 Å². The quantitative estimate of drug-likeness (QED) is 0.846. The highest BCUT2D eigenvalue weighted by atomic mass is 79.9. The van der Waals surface area contributed by atoms with Crippen molar-refractivity contribution in [3.8, 4) is 11.5 Å². The Bertz CT molecular complexity index is 603. The summed E-state index contributed by atoms with van der Waals surface area (Å²) in [5, 5.41) is 3.40. The lowest BCUT2D eigenvalue weighted by atomic mass is 10.1. The second-order valence-corrected chi connectivity index (χ2v) is 6.29. The Morgan fingerprint density at radius 2 is 1.90 bits per heavy atom. The molecule has 1 heterocycles. The monoisotopic (exact) mass is 348 g/mol. The number of pyridine rings is 1. The van der Waals surface area contributed by atoms with E-state index in [1.165, 1.54) is 0 Å². The first kappa shape index (κ1) is 16.0. The Hall–Kier alpha value is -1.39. The minimum absolute atomic E-state index is 0.434. The van der Waals surface area contributed by atoms with Gasteiger partial charge in [0.25, 0.3) is 0 Å². The fourth-order valence-electron chi connectivity index (χ4n) is 2.05. The third-order valence-corrected chi connectivity index (χ3v) is 4.46. The van der Waals surface area contributed by atoms with E-state index >= 15 is 0 Å². The molecule has 1 aromatic carbocycles. The standard InChI is InChI=1S/C17H21BrN2O/c1-11(2)20-9-14-5-6-19-10-16(14)21-15-7-12(3)17(18)13(4)8-15/h5-8,10-11,20H,9H2,1-4H3. The van der Waals surface area contributed by atoms with Crippen LogP contribution in [-0.4, -0.2) is 11.0 Å². The molecule has 0 unspecified atom stereocenters. The molecule has 1 aromatic heterocycles. The number of aromatic nitrogens is 1. The zero-order valence-electron chi connectivity index (χ0n) is 12.9. The molecule has 21 heavy (non-hydrogen) atoms. The van der Waals surface area contributed by atoms with E-state index in [4.69, 9.17) is 4.74 Å². The van der Waals surface area contributed by atoms with E-state index < -0.39 is 0 Å². The first-order valence-corrected chi connectivity index (χ1v) is 7.87. The van der Waals surface area contributed by atoms with Crippen LogP contribution >= 0.6 is 15.9 Å². The Morgan fingerprint density at radius 3 is 2.52 bits per heavy atom. The lowest BCUT2D eigenvalue weighted by Gasteiger charge is -2.14. The highest BCUT2D eigenvalue weighted by molar-refractivity contribution is 9.10. The van der Waals surface area contributed by atoms with Crippen molar-refractivity contribution in [1.82, 2.24) is 10.3 Å². The van der Waals surface area contributed by atoms with Crippen LogP contribution in [0.4, 0.5) is 0 Å². The maximum absolute atomic E-state index is 6.04. The third-order valence-electron chi connectivity index (χ3n) is 3.21. The van der Waals surface area contributed by atoms with Crippen LogP contribution in [0, 0.1) is 13.8 Å². The molecule has 112 valence electrons. The molecule has 3 nitrogen and oxygen atoms in total. The smallest absolute Gasteiger partial charge is 0.150 e. The molecule has 0 radical (unpaired) electrons. The zero-order chi connectivity index (χ0) is 15.4. The number of hydrogen-bond donors (Lipinski definition) is 1. The molecule has 0 atom stereocenters. The lowest BCUT2D eigenvalue weighted by molar-refractivity contribution is 0.466. The number of aryl methyl sites for hydroxylation is 2. The van der Waals surface area contributed by atoms with Crippen LogP contribution in [0.3, 0.4) is 0 Å². The first-order chi connectivity index (χ1) is 9.97. The topological polar surface area (TPSA) is 34.1 Å². The molecule has 0 amide bonds. The van der Waals surface area contributed by atoms with Crippen LogP contribution in [-0.2, 0) is 6.54 Å².